The van der Waals surface area contributed by atoms with Gasteiger partial charge in [-0.1, -0.05) is 0 Å². The Kier molecular flexibility index (Phi) is 12.4. The third kappa shape index (κ3) is 11.0. The highest BCUT2D eigenvalue weighted by molar-refractivity contribution is 6.35. The first-order valence-electron chi connectivity index (χ1n) is 11.9. The maximum Gasteiger partial charge on any atom is 0.329 e. The second kappa shape index (κ2) is 15.8. The van der Waals surface area contributed by atoms with Crippen LogP contribution in [0.3, 0.4) is 0 Å². The first-order chi connectivity index (χ1) is 17.8. The summed E-state index contributed by atoms with van der Waals surface area (Å²) < 4.78 is 21.7. The van der Waals surface area contributed by atoms with E-state index >= 15 is 0 Å². The van der Waals surface area contributed by atoms with E-state index in [2.05, 4.69) is 21.2 Å². The Morgan fingerprint density at radius 2 is 1.76 bits per heavy atom. The van der Waals surface area contributed by atoms with Crippen LogP contribution in [0.2, 0.25) is 0 Å². The molecule has 0 atom stereocenters. The molecule has 37 heavy (non-hydrogen) atoms. The molecular formula is C26H34N4O7. The molecule has 0 heterocycles. The smallest absolute Gasteiger partial charge is 0.329 e. The molecule has 0 saturated carbocycles. The molecule has 11 nitrogen and oxygen atoms in total. The van der Waals surface area contributed by atoms with E-state index in [0.717, 1.165) is 5.75 Å². The number of ether oxygens (including phenoxy) is 4. The quantitative estimate of drug-likeness (QED) is 0.152. The van der Waals surface area contributed by atoms with Crippen molar-refractivity contribution in [3.63, 3.8) is 0 Å². The van der Waals surface area contributed by atoms with Crippen molar-refractivity contribution in [2.24, 2.45) is 5.10 Å². The lowest BCUT2D eigenvalue weighted by Crippen LogP contribution is -2.38. The highest BCUT2D eigenvalue weighted by Crippen LogP contribution is 2.27. The molecule has 2 aromatic carbocycles. The van der Waals surface area contributed by atoms with Gasteiger partial charge in [0.05, 0.1) is 26.0 Å². The highest BCUT2D eigenvalue weighted by Gasteiger charge is 2.12. The molecule has 0 aliphatic heterocycles. The average molecular weight is 515 g/mol. The van der Waals surface area contributed by atoms with Crippen molar-refractivity contribution >= 4 is 29.6 Å². The van der Waals surface area contributed by atoms with Gasteiger partial charge in [-0.05, 0) is 75.2 Å². The molecule has 3 amide bonds. The number of nitrogens with one attached hydrogen (secondary N) is 3. The summed E-state index contributed by atoms with van der Waals surface area (Å²) in [5.74, 6) is -0.573. The molecule has 3 N–H and O–H groups in total. The SMILES string of the molecule is CCOc1ccc(NC(=O)COc2ccc(/C=N\NC(=O)C(=O)NCCCOC(C)C)cc2OC)cc1. The van der Waals surface area contributed by atoms with Crippen LogP contribution in [-0.4, -0.2) is 63.5 Å². The fourth-order valence-electron chi connectivity index (χ4n) is 2.91. The van der Waals surface area contributed by atoms with Crippen molar-refractivity contribution in [2.45, 2.75) is 33.3 Å². The largest absolute Gasteiger partial charge is 0.494 e. The maximum atomic E-state index is 12.2. The van der Waals surface area contributed by atoms with E-state index in [1.54, 1.807) is 42.5 Å². The van der Waals surface area contributed by atoms with Crippen LogP contribution >= 0.6 is 0 Å². The highest BCUT2D eigenvalue weighted by atomic mass is 16.5. The van der Waals surface area contributed by atoms with Crippen LogP contribution in [0.15, 0.2) is 47.6 Å². The molecule has 200 valence electrons. The average Bonchev–Trinajstić information content (AvgIpc) is 2.88. The van der Waals surface area contributed by atoms with Gasteiger partial charge >= 0.3 is 11.8 Å². The molecular weight excluding hydrogens is 480 g/mol. The normalized spacial score (nSPS) is 10.7. The second-order valence-electron chi connectivity index (χ2n) is 7.93. The zero-order valence-corrected chi connectivity index (χ0v) is 21.5. The molecule has 0 fully saturated rings. The van der Waals surface area contributed by atoms with Crippen molar-refractivity contribution < 1.29 is 33.3 Å². The Morgan fingerprint density at radius 1 is 1.00 bits per heavy atom. The third-order valence-corrected chi connectivity index (χ3v) is 4.64. The van der Waals surface area contributed by atoms with Crippen molar-refractivity contribution in [3.05, 3.63) is 48.0 Å². The predicted octanol–water partition coefficient (Wildman–Crippen LogP) is 2.49. The van der Waals surface area contributed by atoms with Gasteiger partial charge in [-0.15, -0.1) is 0 Å². The van der Waals surface area contributed by atoms with Crippen molar-refractivity contribution in [1.29, 1.82) is 0 Å². The Bertz CT molecular complexity index is 1060. The summed E-state index contributed by atoms with van der Waals surface area (Å²) in [6.07, 6.45) is 2.06. The number of nitrogens with zero attached hydrogens (tertiary/aromatic N) is 1. The maximum absolute atomic E-state index is 12.2. The number of benzene rings is 2. The van der Waals surface area contributed by atoms with E-state index < -0.39 is 11.8 Å². The summed E-state index contributed by atoms with van der Waals surface area (Å²) in [4.78, 5) is 35.9. The van der Waals surface area contributed by atoms with Crippen LogP contribution < -0.4 is 30.3 Å². The van der Waals surface area contributed by atoms with Gasteiger partial charge in [0.15, 0.2) is 18.1 Å². The van der Waals surface area contributed by atoms with Gasteiger partial charge in [0.2, 0.25) is 0 Å². The Balaban J connectivity index is 1.80. The number of amides is 3. The molecule has 2 rings (SSSR count). The number of rotatable bonds is 14. The van der Waals surface area contributed by atoms with Gasteiger partial charge < -0.3 is 29.6 Å². The summed E-state index contributed by atoms with van der Waals surface area (Å²) in [5, 5.41) is 9.03. The Labute approximate surface area is 216 Å². The molecule has 0 bridgehead atoms. The van der Waals surface area contributed by atoms with Crippen LogP contribution in [0, 0.1) is 0 Å². The van der Waals surface area contributed by atoms with E-state index in [0.29, 0.717) is 48.9 Å². The zero-order valence-electron chi connectivity index (χ0n) is 21.5. The fraction of sp³-hybridized carbons (Fsp3) is 0.385. The number of hydrazone groups is 1. The summed E-state index contributed by atoms with van der Waals surface area (Å²) >= 11 is 0. The topological polar surface area (TPSA) is 137 Å². The lowest BCUT2D eigenvalue weighted by atomic mass is 10.2. The number of hydrogen-bond donors (Lipinski definition) is 3. The molecule has 11 heteroatoms. The monoisotopic (exact) mass is 514 g/mol. The molecule has 0 aliphatic carbocycles. The van der Waals surface area contributed by atoms with E-state index in [-0.39, 0.29) is 18.6 Å². The second-order valence-corrected chi connectivity index (χ2v) is 7.93. The lowest BCUT2D eigenvalue weighted by Gasteiger charge is -2.12. The van der Waals surface area contributed by atoms with Crippen LogP contribution in [0.25, 0.3) is 0 Å². The van der Waals surface area contributed by atoms with Crippen molar-refractivity contribution in [1.82, 2.24) is 10.7 Å². The predicted molar refractivity (Wildman–Crippen MR) is 139 cm³/mol. The van der Waals surface area contributed by atoms with Gasteiger partial charge in [0, 0.05) is 18.8 Å². The summed E-state index contributed by atoms with van der Waals surface area (Å²) in [7, 11) is 1.46. The van der Waals surface area contributed by atoms with Gasteiger partial charge in [-0.2, -0.15) is 5.10 Å². The first-order valence-corrected chi connectivity index (χ1v) is 11.9. The van der Waals surface area contributed by atoms with Crippen LogP contribution in [0.1, 0.15) is 32.8 Å². The summed E-state index contributed by atoms with van der Waals surface area (Å²) in [6, 6.07) is 11.9. The molecule has 0 unspecified atom stereocenters. The minimum atomic E-state index is -0.883. The number of hydrogen-bond acceptors (Lipinski definition) is 8. The molecule has 0 aliphatic rings. The number of carbonyl (C=O) groups excluding carboxylic acids is 3. The van der Waals surface area contributed by atoms with E-state index in [1.807, 2.05) is 20.8 Å². The van der Waals surface area contributed by atoms with Gasteiger partial charge in [-0.3, -0.25) is 14.4 Å². The first kappa shape index (κ1) is 29.1. The molecule has 0 radical (unpaired) electrons. The summed E-state index contributed by atoms with van der Waals surface area (Å²) in [5.41, 5.74) is 3.37. The Hall–Kier alpha value is -4.12. The molecule has 2 aromatic rings. The minimum absolute atomic E-state index is 0.113. The van der Waals surface area contributed by atoms with Crippen molar-refractivity contribution in [2.75, 3.05) is 38.8 Å². The number of carbonyl (C=O) groups is 3. The van der Waals surface area contributed by atoms with Crippen LogP contribution in [-0.2, 0) is 19.1 Å². The van der Waals surface area contributed by atoms with E-state index in [9.17, 15) is 14.4 Å². The molecule has 0 saturated heterocycles. The number of anilines is 1. The molecule has 0 aromatic heterocycles. The van der Waals surface area contributed by atoms with Crippen LogP contribution in [0.5, 0.6) is 17.2 Å². The zero-order chi connectivity index (χ0) is 27.0. The Morgan fingerprint density at radius 3 is 2.43 bits per heavy atom. The fourth-order valence-corrected chi connectivity index (χ4v) is 2.91. The van der Waals surface area contributed by atoms with Crippen LogP contribution in [0.4, 0.5) is 5.69 Å². The standard InChI is InChI=1S/C26H34N4O7/c1-5-35-21-10-8-20(9-11-21)29-24(31)17-37-22-12-7-19(15-23(22)34-4)16-28-30-26(33)25(32)27-13-6-14-36-18(2)3/h7-12,15-16,18H,5-6,13-14,17H2,1-4H3,(H,27,32)(H,29,31)(H,30,33)/b28-16-. The van der Waals surface area contributed by atoms with Gasteiger partial charge in [-0.25, -0.2) is 5.43 Å². The van der Waals surface area contributed by atoms with Gasteiger partial charge in [0.1, 0.15) is 5.75 Å². The van der Waals surface area contributed by atoms with Crippen molar-refractivity contribution in [3.8, 4) is 17.2 Å². The third-order valence-electron chi connectivity index (χ3n) is 4.64. The van der Waals surface area contributed by atoms with Gasteiger partial charge in [0.25, 0.3) is 5.91 Å². The number of methoxy groups -OCH3 is 1. The lowest BCUT2D eigenvalue weighted by molar-refractivity contribution is -0.139. The van der Waals surface area contributed by atoms with E-state index in [4.69, 9.17) is 18.9 Å². The molecule has 0 spiro atoms. The van der Waals surface area contributed by atoms with E-state index in [1.165, 1.54) is 13.3 Å². The summed E-state index contributed by atoms with van der Waals surface area (Å²) in [6.45, 7) is 6.88. The minimum Gasteiger partial charge on any atom is -0.494 e.